The van der Waals surface area contributed by atoms with Crippen LogP contribution in [0.4, 0.5) is 5.69 Å². The fourth-order valence-electron chi connectivity index (χ4n) is 1.25. The Kier molecular flexibility index (Phi) is 4.72. The fourth-order valence-corrected chi connectivity index (χ4v) is 1.75. The molecule has 0 atom stereocenters. The summed E-state index contributed by atoms with van der Waals surface area (Å²) in [5.74, 6) is -1.22. The lowest BCUT2D eigenvalue weighted by Gasteiger charge is -2.22. The molecule has 0 aliphatic heterocycles. The first-order valence-corrected chi connectivity index (χ1v) is 6.70. The third kappa shape index (κ3) is 3.44. The largest absolute Gasteiger partial charge is 0.478 e. The van der Waals surface area contributed by atoms with Gasteiger partial charge in [-0.15, -0.1) is 0 Å². The molecule has 1 aromatic rings. The van der Waals surface area contributed by atoms with Crippen molar-refractivity contribution in [2.75, 3.05) is 5.32 Å². The van der Waals surface area contributed by atoms with Crippen molar-refractivity contribution in [3.63, 3.8) is 0 Å². The average Bonchev–Trinajstić information content (AvgIpc) is 2.31. The zero-order chi connectivity index (χ0) is 13.9. The normalized spacial score (nSPS) is 11.1. The number of benzene rings is 1. The number of carboxylic acid groups (broad SMARTS) is 1. The van der Waals surface area contributed by atoms with Gasteiger partial charge in [-0.1, -0.05) is 20.8 Å². The summed E-state index contributed by atoms with van der Waals surface area (Å²) in [4.78, 5) is 23.1. The van der Waals surface area contributed by atoms with E-state index >= 15 is 0 Å². The molecule has 0 unspecified atom stereocenters. The first-order chi connectivity index (χ1) is 8.27. The number of amides is 1. The van der Waals surface area contributed by atoms with Crippen LogP contribution in [-0.2, 0) is 4.79 Å². The number of rotatable bonds is 4. The highest BCUT2D eigenvalue weighted by Gasteiger charge is 2.26. The minimum atomic E-state index is -1.04. The Hall–Kier alpha value is -1.11. The summed E-state index contributed by atoms with van der Waals surface area (Å²) in [6.45, 7) is 5.58. The molecule has 0 saturated carbocycles. The third-order valence-electron chi connectivity index (χ3n) is 2.96. The molecule has 4 nitrogen and oxygen atoms in total. The molecular formula is C13H16INO3. The van der Waals surface area contributed by atoms with Crippen LogP contribution in [0, 0.1) is 8.99 Å². The Morgan fingerprint density at radius 2 is 2.00 bits per heavy atom. The average molecular weight is 361 g/mol. The summed E-state index contributed by atoms with van der Waals surface area (Å²) in [6.07, 6.45) is 0.686. The number of anilines is 1. The summed E-state index contributed by atoms with van der Waals surface area (Å²) in [5.41, 5.74) is -0.0599. The molecule has 0 aromatic heterocycles. The SMILES string of the molecule is CCC(C)(C)C(=O)Nc1ccc(I)cc1C(=O)O. The maximum atomic E-state index is 12.0. The monoisotopic (exact) mass is 361 g/mol. The van der Waals surface area contributed by atoms with Crippen molar-refractivity contribution in [1.29, 1.82) is 0 Å². The number of carbonyl (C=O) groups excluding carboxylic acids is 1. The Morgan fingerprint density at radius 3 is 2.50 bits per heavy atom. The van der Waals surface area contributed by atoms with Crippen LogP contribution < -0.4 is 5.32 Å². The van der Waals surface area contributed by atoms with Crippen molar-refractivity contribution in [1.82, 2.24) is 0 Å². The molecule has 0 fully saturated rings. The lowest BCUT2D eigenvalue weighted by Crippen LogP contribution is -2.30. The van der Waals surface area contributed by atoms with Gasteiger partial charge in [0.05, 0.1) is 11.3 Å². The van der Waals surface area contributed by atoms with Gasteiger partial charge in [-0.25, -0.2) is 4.79 Å². The Bertz CT molecular complexity index is 483. The van der Waals surface area contributed by atoms with Crippen LogP contribution in [0.15, 0.2) is 18.2 Å². The number of aromatic carboxylic acids is 1. The maximum Gasteiger partial charge on any atom is 0.337 e. The fraction of sp³-hybridized carbons (Fsp3) is 0.385. The second kappa shape index (κ2) is 5.69. The van der Waals surface area contributed by atoms with Crippen LogP contribution in [0.25, 0.3) is 0 Å². The third-order valence-corrected chi connectivity index (χ3v) is 3.63. The van der Waals surface area contributed by atoms with Gasteiger partial charge in [0.15, 0.2) is 0 Å². The molecular weight excluding hydrogens is 345 g/mol. The first kappa shape index (κ1) is 14.9. The van der Waals surface area contributed by atoms with E-state index in [0.29, 0.717) is 12.1 Å². The molecule has 1 aromatic carbocycles. The Morgan fingerprint density at radius 1 is 1.39 bits per heavy atom. The van der Waals surface area contributed by atoms with Crippen molar-refractivity contribution in [3.8, 4) is 0 Å². The van der Waals surface area contributed by atoms with Crippen molar-refractivity contribution in [2.24, 2.45) is 5.41 Å². The number of hydrogen-bond acceptors (Lipinski definition) is 2. The molecule has 0 radical (unpaired) electrons. The van der Waals surface area contributed by atoms with Crippen LogP contribution in [0.5, 0.6) is 0 Å². The summed E-state index contributed by atoms with van der Waals surface area (Å²) in [6, 6.07) is 4.92. The summed E-state index contributed by atoms with van der Waals surface area (Å²) in [5, 5.41) is 11.8. The van der Waals surface area contributed by atoms with E-state index in [9.17, 15) is 9.59 Å². The van der Waals surface area contributed by atoms with E-state index in [1.165, 1.54) is 6.07 Å². The minimum Gasteiger partial charge on any atom is -0.478 e. The van der Waals surface area contributed by atoms with Gasteiger partial charge < -0.3 is 10.4 Å². The summed E-state index contributed by atoms with van der Waals surface area (Å²) in [7, 11) is 0. The van der Waals surface area contributed by atoms with E-state index in [2.05, 4.69) is 5.32 Å². The zero-order valence-corrected chi connectivity index (χ0v) is 12.7. The number of halogens is 1. The molecule has 1 rings (SSSR count). The van der Waals surface area contributed by atoms with Gasteiger partial charge in [-0.3, -0.25) is 4.79 Å². The Labute approximate surface area is 120 Å². The van der Waals surface area contributed by atoms with E-state index < -0.39 is 11.4 Å². The van der Waals surface area contributed by atoms with Gasteiger partial charge in [0, 0.05) is 8.99 Å². The van der Waals surface area contributed by atoms with Crippen LogP contribution in [0.3, 0.4) is 0 Å². The van der Waals surface area contributed by atoms with Gasteiger partial charge in [-0.2, -0.15) is 0 Å². The van der Waals surface area contributed by atoms with Crippen LogP contribution >= 0.6 is 22.6 Å². The molecule has 18 heavy (non-hydrogen) atoms. The number of nitrogens with one attached hydrogen (secondary N) is 1. The lowest BCUT2D eigenvalue weighted by atomic mass is 9.89. The first-order valence-electron chi connectivity index (χ1n) is 5.62. The second-order valence-corrected chi connectivity index (χ2v) is 5.93. The van der Waals surface area contributed by atoms with E-state index in [4.69, 9.17) is 5.11 Å². The number of hydrogen-bond donors (Lipinski definition) is 2. The van der Waals surface area contributed by atoms with E-state index in [-0.39, 0.29) is 11.5 Å². The lowest BCUT2D eigenvalue weighted by molar-refractivity contribution is -0.124. The van der Waals surface area contributed by atoms with Crippen LogP contribution in [0.2, 0.25) is 0 Å². The maximum absolute atomic E-state index is 12.0. The number of carbonyl (C=O) groups is 2. The highest BCUT2D eigenvalue weighted by Crippen LogP contribution is 2.25. The van der Waals surface area contributed by atoms with Gasteiger partial charge in [0.2, 0.25) is 5.91 Å². The highest BCUT2D eigenvalue weighted by atomic mass is 127. The van der Waals surface area contributed by atoms with Gasteiger partial charge in [0.1, 0.15) is 0 Å². The quantitative estimate of drug-likeness (QED) is 0.809. The molecule has 98 valence electrons. The van der Waals surface area contributed by atoms with E-state index in [1.807, 2.05) is 43.4 Å². The molecule has 0 aliphatic rings. The topological polar surface area (TPSA) is 66.4 Å². The van der Waals surface area contributed by atoms with Crippen molar-refractivity contribution < 1.29 is 14.7 Å². The second-order valence-electron chi connectivity index (χ2n) is 4.69. The molecule has 2 N–H and O–H groups in total. The van der Waals surface area contributed by atoms with Crippen LogP contribution in [0.1, 0.15) is 37.6 Å². The standard InChI is InChI=1S/C13H16INO3/c1-4-13(2,3)12(18)15-10-6-5-8(14)7-9(10)11(16)17/h5-7H,4H2,1-3H3,(H,15,18)(H,16,17). The Balaban J connectivity index is 3.05. The van der Waals surface area contributed by atoms with E-state index in [0.717, 1.165) is 3.57 Å². The molecule has 5 heteroatoms. The van der Waals surface area contributed by atoms with Gasteiger partial charge >= 0.3 is 5.97 Å². The predicted molar refractivity (Wildman–Crippen MR) is 78.8 cm³/mol. The molecule has 0 heterocycles. The van der Waals surface area contributed by atoms with Crippen LogP contribution in [-0.4, -0.2) is 17.0 Å². The van der Waals surface area contributed by atoms with Crippen molar-refractivity contribution in [2.45, 2.75) is 27.2 Å². The van der Waals surface area contributed by atoms with Gasteiger partial charge in [-0.05, 0) is 47.2 Å². The molecule has 0 spiro atoms. The van der Waals surface area contributed by atoms with Crippen molar-refractivity contribution in [3.05, 3.63) is 27.3 Å². The highest BCUT2D eigenvalue weighted by molar-refractivity contribution is 14.1. The van der Waals surface area contributed by atoms with E-state index in [1.54, 1.807) is 12.1 Å². The zero-order valence-electron chi connectivity index (χ0n) is 10.6. The van der Waals surface area contributed by atoms with Gasteiger partial charge in [0.25, 0.3) is 0 Å². The summed E-state index contributed by atoms with van der Waals surface area (Å²) >= 11 is 2.04. The molecule has 0 saturated heterocycles. The predicted octanol–water partition coefficient (Wildman–Crippen LogP) is 3.36. The summed E-state index contributed by atoms with van der Waals surface area (Å²) < 4.78 is 0.817. The minimum absolute atomic E-state index is 0.113. The van der Waals surface area contributed by atoms with Crippen molar-refractivity contribution >= 4 is 40.2 Å². The smallest absolute Gasteiger partial charge is 0.337 e. The number of carboxylic acids is 1. The molecule has 0 aliphatic carbocycles. The molecule has 1 amide bonds. The molecule has 0 bridgehead atoms.